The molecule has 1 aromatic rings. The van der Waals surface area contributed by atoms with E-state index in [1.807, 2.05) is 0 Å². The van der Waals surface area contributed by atoms with Gasteiger partial charge in [-0.2, -0.15) is 0 Å². The molecule has 0 saturated heterocycles. The second kappa shape index (κ2) is 6.81. The predicted octanol–water partition coefficient (Wildman–Crippen LogP) is 3.70. The zero-order valence-corrected chi connectivity index (χ0v) is 10.6. The molecule has 0 aliphatic carbocycles. The fourth-order valence-electron chi connectivity index (χ4n) is 1.43. The summed E-state index contributed by atoms with van der Waals surface area (Å²) in [5.41, 5.74) is 0.808. The molecule has 0 saturated carbocycles. The Hall–Kier alpha value is -0.680. The highest BCUT2D eigenvalue weighted by Crippen LogP contribution is 2.26. The summed E-state index contributed by atoms with van der Waals surface area (Å²) < 4.78 is 0. The highest BCUT2D eigenvalue weighted by atomic mass is 35.5. The van der Waals surface area contributed by atoms with Crippen LogP contribution in [0.4, 0.5) is 0 Å². The van der Waals surface area contributed by atoms with Crippen LogP contribution >= 0.6 is 23.2 Å². The lowest BCUT2D eigenvalue weighted by molar-refractivity contribution is 0.167. The van der Waals surface area contributed by atoms with E-state index in [-0.39, 0.29) is 0 Å². The number of aliphatic hydroxyl groups excluding tert-OH is 1. The van der Waals surface area contributed by atoms with Crippen molar-refractivity contribution in [2.75, 3.05) is 0 Å². The van der Waals surface area contributed by atoms with Crippen LogP contribution in [0.15, 0.2) is 18.2 Å². The molecule has 0 heterocycles. The summed E-state index contributed by atoms with van der Waals surface area (Å²) in [5.74, 6) is 5.71. The molecule has 0 aliphatic heterocycles. The van der Waals surface area contributed by atoms with Gasteiger partial charge in [0.1, 0.15) is 0 Å². The van der Waals surface area contributed by atoms with Gasteiger partial charge in [0.25, 0.3) is 0 Å². The van der Waals surface area contributed by atoms with E-state index in [9.17, 15) is 5.11 Å². The second-order valence-corrected chi connectivity index (χ2v) is 4.34. The molecule has 0 spiro atoms. The minimum atomic E-state index is -0.446. The van der Waals surface area contributed by atoms with Crippen molar-refractivity contribution in [3.8, 4) is 11.8 Å². The van der Waals surface area contributed by atoms with Gasteiger partial charge in [0, 0.05) is 22.9 Å². The Balaban J connectivity index is 2.61. The molecule has 1 unspecified atom stereocenters. The van der Waals surface area contributed by atoms with Crippen LogP contribution in [0.3, 0.4) is 0 Å². The Bertz CT molecular complexity index is 384. The van der Waals surface area contributed by atoms with Gasteiger partial charge in [0.2, 0.25) is 0 Å². The normalized spacial score (nSPS) is 11.8. The maximum absolute atomic E-state index is 9.79. The molecule has 0 bridgehead atoms. The van der Waals surface area contributed by atoms with Crippen molar-refractivity contribution >= 4 is 23.2 Å². The number of halogens is 2. The lowest BCUT2D eigenvalue weighted by Crippen LogP contribution is -2.10. The molecule has 0 fully saturated rings. The van der Waals surface area contributed by atoms with E-state index in [4.69, 9.17) is 23.2 Å². The van der Waals surface area contributed by atoms with E-state index in [0.29, 0.717) is 29.3 Å². The molecular weight excluding hydrogens is 243 g/mol. The molecule has 1 atom stereocenters. The molecular formula is C13H14Cl2O. The third-order valence-corrected chi connectivity index (χ3v) is 2.99. The first-order valence-electron chi connectivity index (χ1n) is 5.15. The second-order valence-electron chi connectivity index (χ2n) is 3.52. The van der Waals surface area contributed by atoms with Crippen molar-refractivity contribution in [2.45, 2.75) is 32.3 Å². The summed E-state index contributed by atoms with van der Waals surface area (Å²) in [6.07, 6.45) is 1.37. The van der Waals surface area contributed by atoms with Gasteiger partial charge in [0.05, 0.1) is 6.10 Å². The van der Waals surface area contributed by atoms with E-state index < -0.39 is 6.10 Å². The fraction of sp³-hybridized carbons (Fsp3) is 0.385. The largest absolute Gasteiger partial charge is 0.393 e. The minimum Gasteiger partial charge on any atom is -0.393 e. The van der Waals surface area contributed by atoms with E-state index in [1.165, 1.54) is 0 Å². The van der Waals surface area contributed by atoms with Crippen molar-refractivity contribution in [1.82, 2.24) is 0 Å². The fourth-order valence-corrected chi connectivity index (χ4v) is 1.98. The van der Waals surface area contributed by atoms with Crippen molar-refractivity contribution in [2.24, 2.45) is 0 Å². The minimum absolute atomic E-state index is 0.446. The van der Waals surface area contributed by atoms with Crippen molar-refractivity contribution in [1.29, 1.82) is 0 Å². The summed E-state index contributed by atoms with van der Waals surface area (Å²) in [5, 5.41) is 11.0. The van der Waals surface area contributed by atoms with Gasteiger partial charge in [-0.1, -0.05) is 29.3 Å². The standard InChI is InChI=1S/C13H14Cl2O/c1-2-3-4-6-10(16)9-11-12(14)7-5-8-13(11)15/h5,7-8,10,16H,4,6,9H2,1H3. The first-order chi connectivity index (χ1) is 7.65. The van der Waals surface area contributed by atoms with Crippen molar-refractivity contribution < 1.29 is 5.11 Å². The Labute approximate surface area is 106 Å². The van der Waals surface area contributed by atoms with Gasteiger partial charge in [-0.05, 0) is 31.0 Å². The highest BCUT2D eigenvalue weighted by Gasteiger charge is 2.10. The Kier molecular flexibility index (Phi) is 5.69. The first-order valence-corrected chi connectivity index (χ1v) is 5.91. The zero-order chi connectivity index (χ0) is 12.0. The Morgan fingerprint density at radius 2 is 1.94 bits per heavy atom. The van der Waals surface area contributed by atoms with Gasteiger partial charge < -0.3 is 5.11 Å². The zero-order valence-electron chi connectivity index (χ0n) is 9.13. The van der Waals surface area contributed by atoms with E-state index in [0.717, 1.165) is 5.56 Å². The molecule has 0 aliphatic rings. The maximum Gasteiger partial charge on any atom is 0.0590 e. The number of hydrogen-bond donors (Lipinski definition) is 1. The van der Waals surface area contributed by atoms with Gasteiger partial charge in [0.15, 0.2) is 0 Å². The lowest BCUT2D eigenvalue weighted by atomic mass is 10.0. The summed E-state index contributed by atoms with van der Waals surface area (Å²) in [7, 11) is 0. The number of aliphatic hydroxyl groups is 1. The Morgan fingerprint density at radius 1 is 1.31 bits per heavy atom. The van der Waals surface area contributed by atoms with Crippen LogP contribution in [0, 0.1) is 11.8 Å². The van der Waals surface area contributed by atoms with Crippen LogP contribution in [0.25, 0.3) is 0 Å². The van der Waals surface area contributed by atoms with E-state index in [2.05, 4.69) is 11.8 Å². The summed E-state index contributed by atoms with van der Waals surface area (Å²) in [6.45, 7) is 1.79. The molecule has 0 radical (unpaired) electrons. The first kappa shape index (κ1) is 13.4. The van der Waals surface area contributed by atoms with Crippen molar-refractivity contribution in [3.05, 3.63) is 33.8 Å². The molecule has 16 heavy (non-hydrogen) atoms. The third kappa shape index (κ3) is 4.06. The van der Waals surface area contributed by atoms with Gasteiger partial charge >= 0.3 is 0 Å². The molecule has 1 N–H and O–H groups in total. The summed E-state index contributed by atoms with van der Waals surface area (Å²) >= 11 is 12.0. The lowest BCUT2D eigenvalue weighted by Gasteiger charge is -2.11. The number of benzene rings is 1. The van der Waals surface area contributed by atoms with Gasteiger partial charge in [-0.25, -0.2) is 0 Å². The van der Waals surface area contributed by atoms with Crippen LogP contribution in [0.2, 0.25) is 10.0 Å². The maximum atomic E-state index is 9.79. The Morgan fingerprint density at radius 3 is 2.50 bits per heavy atom. The topological polar surface area (TPSA) is 20.2 Å². The van der Waals surface area contributed by atoms with Crippen LogP contribution in [0.1, 0.15) is 25.3 Å². The van der Waals surface area contributed by atoms with Crippen molar-refractivity contribution in [3.63, 3.8) is 0 Å². The number of rotatable bonds is 4. The molecule has 1 aromatic carbocycles. The number of hydrogen-bond acceptors (Lipinski definition) is 1. The van der Waals surface area contributed by atoms with Crippen LogP contribution < -0.4 is 0 Å². The molecule has 86 valence electrons. The van der Waals surface area contributed by atoms with Crippen LogP contribution in [-0.2, 0) is 6.42 Å². The van der Waals surface area contributed by atoms with Crippen LogP contribution in [0.5, 0.6) is 0 Å². The van der Waals surface area contributed by atoms with Crippen LogP contribution in [-0.4, -0.2) is 11.2 Å². The predicted molar refractivity (Wildman–Crippen MR) is 68.9 cm³/mol. The molecule has 0 amide bonds. The SMILES string of the molecule is CC#CCCC(O)Cc1c(Cl)cccc1Cl. The van der Waals surface area contributed by atoms with E-state index >= 15 is 0 Å². The average molecular weight is 257 g/mol. The van der Waals surface area contributed by atoms with Gasteiger partial charge in [-0.3, -0.25) is 0 Å². The highest BCUT2D eigenvalue weighted by molar-refractivity contribution is 6.35. The molecule has 1 nitrogen and oxygen atoms in total. The quantitative estimate of drug-likeness (QED) is 0.815. The smallest absolute Gasteiger partial charge is 0.0590 e. The van der Waals surface area contributed by atoms with Gasteiger partial charge in [-0.15, -0.1) is 11.8 Å². The monoisotopic (exact) mass is 256 g/mol. The molecule has 1 rings (SSSR count). The third-order valence-electron chi connectivity index (χ3n) is 2.28. The average Bonchev–Trinajstić information content (AvgIpc) is 2.24. The summed E-state index contributed by atoms with van der Waals surface area (Å²) in [4.78, 5) is 0. The molecule has 3 heteroatoms. The molecule has 0 aromatic heterocycles. The van der Waals surface area contributed by atoms with E-state index in [1.54, 1.807) is 25.1 Å². The summed E-state index contributed by atoms with van der Waals surface area (Å²) in [6, 6.07) is 5.35.